The molecule has 2 amide bonds. The van der Waals surface area contributed by atoms with E-state index in [1.54, 1.807) is 30.0 Å². The van der Waals surface area contributed by atoms with Gasteiger partial charge in [-0.3, -0.25) is 14.4 Å². The molecule has 172 valence electrons. The molecule has 0 saturated carbocycles. The van der Waals surface area contributed by atoms with E-state index in [0.717, 1.165) is 36.1 Å². The maximum atomic E-state index is 13.0. The van der Waals surface area contributed by atoms with E-state index >= 15 is 0 Å². The van der Waals surface area contributed by atoms with Crippen LogP contribution in [0.4, 0.5) is 5.69 Å². The number of fused-ring (bicyclic) bond motifs is 1. The van der Waals surface area contributed by atoms with Crippen LogP contribution in [0.2, 0.25) is 0 Å². The van der Waals surface area contributed by atoms with Crippen molar-refractivity contribution in [2.45, 2.75) is 38.6 Å². The third-order valence-corrected chi connectivity index (χ3v) is 6.07. The largest absolute Gasteiger partial charge is 0.497 e. The number of carbonyl (C=O) groups excluding carboxylic acids is 2. The van der Waals surface area contributed by atoms with Crippen molar-refractivity contribution in [3.63, 3.8) is 0 Å². The summed E-state index contributed by atoms with van der Waals surface area (Å²) in [7, 11) is 1.62. The number of nitrogens with zero attached hydrogens (tertiary/aromatic N) is 2. The number of hydrogen-bond donors (Lipinski definition) is 1. The Bertz CT molecular complexity index is 1220. The van der Waals surface area contributed by atoms with Crippen LogP contribution in [0.15, 0.2) is 59.5 Å². The third kappa shape index (κ3) is 5.42. The van der Waals surface area contributed by atoms with E-state index in [2.05, 4.69) is 5.32 Å². The average molecular weight is 448 g/mol. The molecular formula is C26H29N3O4. The summed E-state index contributed by atoms with van der Waals surface area (Å²) >= 11 is 0. The number of ether oxygens (including phenoxy) is 1. The summed E-state index contributed by atoms with van der Waals surface area (Å²) in [5.74, 6) is 0.864. The first kappa shape index (κ1) is 22.6. The number of carbonyl (C=O) groups is 2. The number of methoxy groups -OCH3 is 1. The van der Waals surface area contributed by atoms with Gasteiger partial charge in [-0.25, -0.2) is 0 Å². The van der Waals surface area contributed by atoms with Gasteiger partial charge >= 0.3 is 0 Å². The molecule has 0 unspecified atom stereocenters. The Balaban J connectivity index is 1.40. The van der Waals surface area contributed by atoms with Crippen LogP contribution >= 0.6 is 0 Å². The van der Waals surface area contributed by atoms with Crippen molar-refractivity contribution >= 4 is 28.3 Å². The van der Waals surface area contributed by atoms with E-state index in [1.165, 1.54) is 0 Å². The molecule has 1 N–H and O–H groups in total. The van der Waals surface area contributed by atoms with Crippen LogP contribution in [0, 0.1) is 0 Å². The number of aromatic nitrogens is 1. The van der Waals surface area contributed by atoms with Gasteiger partial charge in [-0.1, -0.05) is 18.2 Å². The fourth-order valence-corrected chi connectivity index (χ4v) is 4.27. The second-order valence-electron chi connectivity index (χ2n) is 8.32. The lowest BCUT2D eigenvalue weighted by molar-refractivity contribution is -0.127. The summed E-state index contributed by atoms with van der Waals surface area (Å²) in [5.41, 5.74) is 1.57. The van der Waals surface area contributed by atoms with Crippen LogP contribution in [0.1, 0.15) is 31.2 Å². The van der Waals surface area contributed by atoms with E-state index in [-0.39, 0.29) is 17.4 Å². The Labute approximate surface area is 193 Å². The molecule has 7 heteroatoms. The summed E-state index contributed by atoms with van der Waals surface area (Å²) in [6.45, 7) is 2.04. The Morgan fingerprint density at radius 2 is 1.91 bits per heavy atom. The van der Waals surface area contributed by atoms with Gasteiger partial charge in [0.15, 0.2) is 0 Å². The zero-order valence-electron chi connectivity index (χ0n) is 18.9. The SMILES string of the molecule is COc1cccc(CCC(=O)Nc2cccc3c(=O)n(CCCN4CCCC4=O)ccc23)c1. The fraction of sp³-hybridized carbons (Fsp3) is 0.346. The Morgan fingerprint density at radius 1 is 1.06 bits per heavy atom. The molecule has 33 heavy (non-hydrogen) atoms. The summed E-state index contributed by atoms with van der Waals surface area (Å²) in [5, 5.41) is 4.25. The molecule has 4 rings (SSSR count). The molecule has 3 aromatic rings. The predicted molar refractivity (Wildman–Crippen MR) is 129 cm³/mol. The van der Waals surface area contributed by atoms with E-state index in [4.69, 9.17) is 4.74 Å². The van der Waals surface area contributed by atoms with Crippen LogP contribution in [0.5, 0.6) is 5.75 Å². The highest BCUT2D eigenvalue weighted by atomic mass is 16.5. The molecule has 1 fully saturated rings. The maximum absolute atomic E-state index is 13.0. The van der Waals surface area contributed by atoms with Gasteiger partial charge in [0.2, 0.25) is 11.8 Å². The lowest BCUT2D eigenvalue weighted by Crippen LogP contribution is -2.28. The third-order valence-electron chi connectivity index (χ3n) is 6.07. The first-order chi connectivity index (χ1) is 16.0. The zero-order valence-corrected chi connectivity index (χ0v) is 18.9. The van der Waals surface area contributed by atoms with Gasteiger partial charge in [-0.15, -0.1) is 0 Å². The van der Waals surface area contributed by atoms with Crippen molar-refractivity contribution in [3.8, 4) is 5.75 Å². The molecule has 0 aliphatic carbocycles. The highest BCUT2D eigenvalue weighted by molar-refractivity contribution is 6.01. The minimum atomic E-state index is -0.107. The maximum Gasteiger partial charge on any atom is 0.258 e. The molecule has 7 nitrogen and oxygen atoms in total. The zero-order chi connectivity index (χ0) is 23.2. The summed E-state index contributed by atoms with van der Waals surface area (Å²) in [6, 6.07) is 14.9. The van der Waals surface area contributed by atoms with Crippen LogP contribution < -0.4 is 15.6 Å². The van der Waals surface area contributed by atoms with Gasteiger partial charge < -0.3 is 19.5 Å². The van der Waals surface area contributed by atoms with Gasteiger partial charge in [0, 0.05) is 55.1 Å². The number of pyridine rings is 1. The van der Waals surface area contributed by atoms with Gasteiger partial charge in [0.05, 0.1) is 7.11 Å². The quantitative estimate of drug-likeness (QED) is 0.544. The van der Waals surface area contributed by atoms with Crippen molar-refractivity contribution in [1.82, 2.24) is 9.47 Å². The van der Waals surface area contributed by atoms with Crippen LogP contribution in [-0.2, 0) is 22.6 Å². The molecule has 0 spiro atoms. The number of benzene rings is 2. The van der Waals surface area contributed by atoms with Crippen molar-refractivity contribution in [1.29, 1.82) is 0 Å². The molecule has 1 saturated heterocycles. The highest BCUT2D eigenvalue weighted by Gasteiger charge is 2.19. The minimum absolute atomic E-state index is 0.0901. The monoisotopic (exact) mass is 447 g/mol. The lowest BCUT2D eigenvalue weighted by Gasteiger charge is -2.16. The summed E-state index contributed by atoms with van der Waals surface area (Å²) < 4.78 is 6.91. The van der Waals surface area contributed by atoms with E-state index in [0.29, 0.717) is 43.4 Å². The number of hydrogen-bond acceptors (Lipinski definition) is 4. The van der Waals surface area contributed by atoms with E-state index in [9.17, 15) is 14.4 Å². The second-order valence-corrected chi connectivity index (χ2v) is 8.32. The highest BCUT2D eigenvalue weighted by Crippen LogP contribution is 2.22. The molecular weight excluding hydrogens is 418 g/mol. The van der Waals surface area contributed by atoms with Crippen molar-refractivity contribution in [3.05, 3.63) is 70.6 Å². The molecule has 0 radical (unpaired) electrons. The number of nitrogens with one attached hydrogen (secondary N) is 1. The average Bonchev–Trinajstić information content (AvgIpc) is 3.24. The first-order valence-corrected chi connectivity index (χ1v) is 11.4. The minimum Gasteiger partial charge on any atom is -0.497 e. The van der Waals surface area contributed by atoms with Crippen molar-refractivity contribution < 1.29 is 14.3 Å². The van der Waals surface area contributed by atoms with Crippen LogP contribution in [-0.4, -0.2) is 41.5 Å². The molecule has 1 aromatic heterocycles. The molecule has 1 aliphatic heterocycles. The van der Waals surface area contributed by atoms with Crippen molar-refractivity contribution in [2.24, 2.45) is 0 Å². The lowest BCUT2D eigenvalue weighted by atomic mass is 10.1. The van der Waals surface area contributed by atoms with Gasteiger partial charge in [-0.05, 0) is 55.2 Å². The van der Waals surface area contributed by atoms with E-state index in [1.807, 2.05) is 41.3 Å². The molecule has 2 heterocycles. The Morgan fingerprint density at radius 3 is 2.70 bits per heavy atom. The topological polar surface area (TPSA) is 80.6 Å². The van der Waals surface area contributed by atoms with Crippen LogP contribution in [0.3, 0.4) is 0 Å². The summed E-state index contributed by atoms with van der Waals surface area (Å²) in [4.78, 5) is 39.2. The smallest absolute Gasteiger partial charge is 0.258 e. The summed E-state index contributed by atoms with van der Waals surface area (Å²) in [6.07, 6.45) is 4.98. The number of aryl methyl sites for hydroxylation is 2. The van der Waals surface area contributed by atoms with Crippen molar-refractivity contribution in [2.75, 3.05) is 25.5 Å². The number of likely N-dealkylation sites (tertiary alicyclic amines) is 1. The fourth-order valence-electron chi connectivity index (χ4n) is 4.27. The molecule has 0 atom stereocenters. The van der Waals surface area contributed by atoms with Gasteiger partial charge in [-0.2, -0.15) is 0 Å². The molecule has 2 aromatic carbocycles. The van der Waals surface area contributed by atoms with Crippen LogP contribution in [0.25, 0.3) is 10.8 Å². The number of anilines is 1. The van der Waals surface area contributed by atoms with E-state index < -0.39 is 0 Å². The molecule has 1 aliphatic rings. The Kier molecular flexibility index (Phi) is 7.07. The second kappa shape index (κ2) is 10.3. The van der Waals surface area contributed by atoms with Gasteiger partial charge in [0.1, 0.15) is 5.75 Å². The van der Waals surface area contributed by atoms with Gasteiger partial charge in [0.25, 0.3) is 5.56 Å². The normalized spacial score (nSPS) is 13.5. The standard InChI is InChI=1S/C26H29N3O4/c1-33-20-7-2-6-19(18-20)11-12-24(30)27-23-9-3-8-22-21(23)13-17-29(26(22)32)16-5-15-28-14-4-10-25(28)31/h2-3,6-9,13,17-18H,4-5,10-12,14-16H2,1H3,(H,27,30). The first-order valence-electron chi connectivity index (χ1n) is 11.4. The predicted octanol–water partition coefficient (Wildman–Crippen LogP) is 3.59. The number of rotatable bonds is 9. The number of amides is 2. The Hall–Kier alpha value is -3.61. The molecule has 0 bridgehead atoms.